The van der Waals surface area contributed by atoms with Crippen molar-refractivity contribution in [3.05, 3.63) is 0 Å². The lowest BCUT2D eigenvalue weighted by Gasteiger charge is -2.35. The predicted molar refractivity (Wildman–Crippen MR) is 71.2 cm³/mol. The summed E-state index contributed by atoms with van der Waals surface area (Å²) in [6.07, 6.45) is 3.93. The summed E-state index contributed by atoms with van der Waals surface area (Å²) in [5.41, 5.74) is -1.04. The van der Waals surface area contributed by atoms with Gasteiger partial charge in [-0.3, -0.25) is 4.79 Å². The normalized spacial score (nSPS) is 29.9. The summed E-state index contributed by atoms with van der Waals surface area (Å²) in [4.78, 5) is 10.7. The van der Waals surface area contributed by atoms with Crippen LogP contribution in [0.2, 0.25) is 0 Å². The van der Waals surface area contributed by atoms with E-state index in [9.17, 15) is 18.3 Å². The summed E-state index contributed by atoms with van der Waals surface area (Å²) in [5, 5.41) is 17.5. The summed E-state index contributed by atoms with van der Waals surface area (Å²) in [6, 6.07) is 0. The van der Waals surface area contributed by atoms with Crippen molar-refractivity contribution in [3.8, 4) is 0 Å². The Balaban J connectivity index is 2.55. The molecule has 1 aliphatic rings. The van der Waals surface area contributed by atoms with E-state index in [1.807, 2.05) is 0 Å². The molecule has 0 heterocycles. The van der Waals surface area contributed by atoms with E-state index >= 15 is 0 Å². The molecule has 7 heteroatoms. The number of hydrogen-bond donors (Lipinski definition) is 3. The zero-order chi connectivity index (χ0) is 14.7. The monoisotopic (exact) mass is 293 g/mol. The molecule has 1 rings (SSSR count). The first-order valence-corrected chi connectivity index (χ1v) is 8.18. The number of hydrogen-bond acceptors (Lipinski definition) is 4. The third kappa shape index (κ3) is 4.43. The minimum Gasteiger partial charge on any atom is -0.480 e. The third-order valence-electron chi connectivity index (χ3n) is 4.03. The van der Waals surface area contributed by atoms with Crippen LogP contribution >= 0.6 is 0 Å². The van der Waals surface area contributed by atoms with Gasteiger partial charge in [-0.05, 0) is 38.5 Å². The van der Waals surface area contributed by atoms with Gasteiger partial charge in [-0.25, -0.2) is 13.1 Å². The highest BCUT2D eigenvalue weighted by Gasteiger charge is 2.35. The quantitative estimate of drug-likeness (QED) is 0.669. The number of aliphatic hydroxyl groups is 1. The Morgan fingerprint density at radius 2 is 1.95 bits per heavy atom. The average Bonchev–Trinajstić information content (AvgIpc) is 2.37. The molecule has 0 radical (unpaired) electrons. The van der Waals surface area contributed by atoms with Crippen LogP contribution < -0.4 is 4.72 Å². The van der Waals surface area contributed by atoms with Crippen LogP contribution in [0.4, 0.5) is 0 Å². The number of nitrogens with one attached hydrogen (secondary N) is 1. The third-order valence-corrected chi connectivity index (χ3v) is 5.71. The molecule has 1 atom stereocenters. The van der Waals surface area contributed by atoms with Gasteiger partial charge in [-0.2, -0.15) is 0 Å². The molecule has 0 bridgehead atoms. The molecule has 1 aliphatic carbocycles. The second-order valence-corrected chi connectivity index (χ2v) is 7.51. The van der Waals surface area contributed by atoms with Gasteiger partial charge in [0.2, 0.25) is 10.0 Å². The number of rotatable bonds is 6. The fourth-order valence-corrected chi connectivity index (χ4v) is 3.28. The molecule has 0 aliphatic heterocycles. The van der Waals surface area contributed by atoms with E-state index in [2.05, 4.69) is 11.6 Å². The molecule has 0 saturated heterocycles. The van der Waals surface area contributed by atoms with E-state index in [4.69, 9.17) is 5.11 Å². The largest absolute Gasteiger partial charge is 0.480 e. The lowest BCUT2D eigenvalue weighted by molar-refractivity contribution is -0.136. The van der Waals surface area contributed by atoms with Crippen LogP contribution in [0.1, 0.15) is 46.0 Å². The van der Waals surface area contributed by atoms with Gasteiger partial charge in [-0.1, -0.05) is 13.3 Å². The van der Waals surface area contributed by atoms with Gasteiger partial charge in [0.05, 0.1) is 5.60 Å². The predicted octanol–water partition coefficient (Wildman–Crippen LogP) is 0.710. The molecule has 0 aromatic rings. The van der Waals surface area contributed by atoms with Crippen LogP contribution in [-0.4, -0.2) is 42.0 Å². The molecular formula is C12H23NO5S. The molecule has 112 valence electrons. The average molecular weight is 293 g/mol. The molecule has 0 amide bonds. The molecular weight excluding hydrogens is 270 g/mol. The van der Waals surface area contributed by atoms with Gasteiger partial charge in [0.1, 0.15) is 0 Å². The van der Waals surface area contributed by atoms with Crippen LogP contribution in [-0.2, 0) is 14.8 Å². The molecule has 1 saturated carbocycles. The summed E-state index contributed by atoms with van der Waals surface area (Å²) in [7, 11) is -3.93. The van der Waals surface area contributed by atoms with E-state index in [0.29, 0.717) is 18.8 Å². The Hall–Kier alpha value is -0.660. The fraction of sp³-hybridized carbons (Fsp3) is 0.917. The second kappa shape index (κ2) is 6.19. The second-order valence-electron chi connectivity index (χ2n) is 5.42. The van der Waals surface area contributed by atoms with Crippen molar-refractivity contribution >= 4 is 16.0 Å². The number of aliphatic carboxylic acids is 1. The highest BCUT2D eigenvalue weighted by Crippen LogP contribution is 2.33. The highest BCUT2D eigenvalue weighted by atomic mass is 32.2. The first-order valence-electron chi connectivity index (χ1n) is 6.64. The molecule has 0 aromatic heterocycles. The van der Waals surface area contributed by atoms with Crippen molar-refractivity contribution in [2.24, 2.45) is 5.92 Å². The van der Waals surface area contributed by atoms with Crippen molar-refractivity contribution in [3.63, 3.8) is 0 Å². The maximum Gasteiger partial charge on any atom is 0.323 e. The fourth-order valence-electron chi connectivity index (χ4n) is 2.29. The van der Waals surface area contributed by atoms with Gasteiger partial charge in [0.15, 0.2) is 5.25 Å². The van der Waals surface area contributed by atoms with E-state index in [0.717, 1.165) is 26.2 Å². The molecule has 1 fully saturated rings. The zero-order valence-electron chi connectivity index (χ0n) is 11.4. The van der Waals surface area contributed by atoms with Crippen LogP contribution in [0.15, 0.2) is 0 Å². The first-order chi connectivity index (χ1) is 8.70. The van der Waals surface area contributed by atoms with Crippen LogP contribution in [0.3, 0.4) is 0 Å². The van der Waals surface area contributed by atoms with E-state index in [-0.39, 0.29) is 6.54 Å². The standard InChI is InChI=1S/C12H23NO5S/c1-3-10-4-6-12(16,7-5-10)8-13-19(17,18)9(2)11(14)15/h9-10,13,16H,3-8H2,1-2H3,(H,14,15). The van der Waals surface area contributed by atoms with Crippen molar-refractivity contribution in [1.82, 2.24) is 4.72 Å². The number of carboxylic acids is 1. The zero-order valence-corrected chi connectivity index (χ0v) is 12.2. The van der Waals surface area contributed by atoms with Crippen LogP contribution in [0.25, 0.3) is 0 Å². The minimum absolute atomic E-state index is 0.108. The van der Waals surface area contributed by atoms with E-state index in [1.54, 1.807) is 0 Å². The first kappa shape index (κ1) is 16.4. The Morgan fingerprint density at radius 1 is 1.42 bits per heavy atom. The van der Waals surface area contributed by atoms with Gasteiger partial charge < -0.3 is 10.2 Å². The van der Waals surface area contributed by atoms with Gasteiger partial charge >= 0.3 is 5.97 Å². The highest BCUT2D eigenvalue weighted by molar-refractivity contribution is 7.90. The number of sulfonamides is 1. The summed E-state index contributed by atoms with van der Waals surface area (Å²) < 4.78 is 25.6. The lowest BCUT2D eigenvalue weighted by atomic mass is 9.78. The Bertz CT molecular complexity index is 412. The summed E-state index contributed by atoms with van der Waals surface area (Å²) in [6.45, 7) is 3.11. The Labute approximate surface area is 114 Å². The molecule has 3 N–H and O–H groups in total. The lowest BCUT2D eigenvalue weighted by Crippen LogP contribution is -2.48. The smallest absolute Gasteiger partial charge is 0.323 e. The molecule has 0 spiro atoms. The Kier molecular flexibility index (Phi) is 5.34. The number of carboxylic acid groups (broad SMARTS) is 1. The summed E-state index contributed by atoms with van der Waals surface area (Å²) in [5.74, 6) is -0.802. The maximum absolute atomic E-state index is 11.7. The van der Waals surface area contributed by atoms with Crippen molar-refractivity contribution < 1.29 is 23.4 Å². The topological polar surface area (TPSA) is 104 Å². The summed E-state index contributed by atoms with van der Waals surface area (Å²) >= 11 is 0. The van der Waals surface area contributed by atoms with Crippen molar-refractivity contribution in [2.75, 3.05) is 6.54 Å². The molecule has 19 heavy (non-hydrogen) atoms. The number of carbonyl (C=O) groups is 1. The van der Waals surface area contributed by atoms with Crippen LogP contribution in [0.5, 0.6) is 0 Å². The van der Waals surface area contributed by atoms with Gasteiger partial charge in [0.25, 0.3) is 0 Å². The van der Waals surface area contributed by atoms with Gasteiger partial charge in [-0.15, -0.1) is 0 Å². The molecule has 6 nitrogen and oxygen atoms in total. The van der Waals surface area contributed by atoms with E-state index in [1.165, 1.54) is 0 Å². The van der Waals surface area contributed by atoms with Crippen molar-refractivity contribution in [2.45, 2.75) is 56.8 Å². The van der Waals surface area contributed by atoms with Crippen LogP contribution in [0, 0.1) is 5.92 Å². The minimum atomic E-state index is -3.93. The van der Waals surface area contributed by atoms with Crippen molar-refractivity contribution in [1.29, 1.82) is 0 Å². The molecule has 1 unspecified atom stereocenters. The molecule has 0 aromatic carbocycles. The Morgan fingerprint density at radius 3 is 2.37 bits per heavy atom. The maximum atomic E-state index is 11.7. The van der Waals surface area contributed by atoms with Gasteiger partial charge in [0, 0.05) is 6.54 Å². The van der Waals surface area contributed by atoms with E-state index < -0.39 is 26.8 Å². The SMILES string of the molecule is CCC1CCC(O)(CNS(=O)(=O)C(C)C(=O)O)CC1.